The first-order chi connectivity index (χ1) is 15.5. The minimum Gasteiger partial charge on any atom is -0.336 e. The van der Waals surface area contributed by atoms with Gasteiger partial charge in [-0.05, 0) is 61.9 Å². The lowest BCUT2D eigenvalue weighted by atomic mass is 9.98. The summed E-state index contributed by atoms with van der Waals surface area (Å²) in [6.07, 6.45) is 3.76. The van der Waals surface area contributed by atoms with Crippen LogP contribution >= 0.6 is 0 Å². The highest BCUT2D eigenvalue weighted by molar-refractivity contribution is 6.00. The molecule has 0 bridgehead atoms. The molecule has 1 saturated carbocycles. The molecule has 5 heteroatoms. The third kappa shape index (κ3) is 4.31. The Morgan fingerprint density at radius 3 is 2.47 bits per heavy atom. The Balaban J connectivity index is 1.32. The molecular formula is C27H33N3O2. The molecule has 168 valence electrons. The van der Waals surface area contributed by atoms with E-state index in [1.54, 1.807) is 0 Å². The van der Waals surface area contributed by atoms with Gasteiger partial charge in [0.25, 0.3) is 0 Å². The van der Waals surface area contributed by atoms with E-state index in [4.69, 9.17) is 0 Å². The lowest BCUT2D eigenvalue weighted by Crippen LogP contribution is -2.57. The van der Waals surface area contributed by atoms with Crippen molar-refractivity contribution in [2.24, 2.45) is 5.92 Å². The van der Waals surface area contributed by atoms with Gasteiger partial charge in [0.05, 0.1) is 5.92 Å². The second-order valence-electron chi connectivity index (χ2n) is 9.78. The van der Waals surface area contributed by atoms with Crippen molar-refractivity contribution in [3.63, 3.8) is 0 Å². The van der Waals surface area contributed by atoms with Crippen molar-refractivity contribution in [1.29, 1.82) is 0 Å². The third-order valence-electron chi connectivity index (χ3n) is 7.45. The molecule has 0 radical (unpaired) electrons. The molecule has 2 heterocycles. The predicted molar refractivity (Wildman–Crippen MR) is 127 cm³/mol. The number of carbonyl (C=O) groups is 2. The van der Waals surface area contributed by atoms with E-state index < -0.39 is 0 Å². The van der Waals surface area contributed by atoms with Gasteiger partial charge in [-0.3, -0.25) is 14.5 Å². The number of hydrogen-bond acceptors (Lipinski definition) is 3. The van der Waals surface area contributed by atoms with Gasteiger partial charge in [-0.2, -0.15) is 0 Å². The first kappa shape index (κ1) is 21.2. The average Bonchev–Trinajstić information content (AvgIpc) is 3.58. The van der Waals surface area contributed by atoms with Crippen LogP contribution in [0.15, 0.2) is 48.5 Å². The quantitative estimate of drug-likeness (QED) is 0.727. The summed E-state index contributed by atoms with van der Waals surface area (Å²) in [5, 5.41) is 0. The third-order valence-corrected chi connectivity index (χ3v) is 7.45. The number of carbonyl (C=O) groups excluding carboxylic acids is 2. The number of benzene rings is 2. The number of anilines is 1. The van der Waals surface area contributed by atoms with Gasteiger partial charge in [-0.15, -0.1) is 0 Å². The SMILES string of the molecule is Cc1ccc(N2CC(C(=O)N3CCN(C4CC4)CC3Cc3ccccc3)CC2=O)cc1C. The van der Waals surface area contributed by atoms with Gasteiger partial charge in [-0.25, -0.2) is 0 Å². The van der Waals surface area contributed by atoms with Crippen LogP contribution in [-0.2, 0) is 16.0 Å². The van der Waals surface area contributed by atoms with Crippen LogP contribution in [0, 0.1) is 19.8 Å². The molecular weight excluding hydrogens is 398 g/mol. The van der Waals surface area contributed by atoms with E-state index in [0.29, 0.717) is 19.0 Å². The van der Waals surface area contributed by atoms with Gasteiger partial charge >= 0.3 is 0 Å². The van der Waals surface area contributed by atoms with Crippen LogP contribution in [0.2, 0.25) is 0 Å². The fraction of sp³-hybridized carbons (Fsp3) is 0.481. The maximum atomic E-state index is 13.7. The van der Waals surface area contributed by atoms with Crippen LogP contribution in [0.4, 0.5) is 5.69 Å². The topological polar surface area (TPSA) is 43.9 Å². The van der Waals surface area contributed by atoms with Crippen molar-refractivity contribution in [2.45, 2.75) is 51.6 Å². The number of piperazine rings is 1. The smallest absolute Gasteiger partial charge is 0.228 e. The second-order valence-corrected chi connectivity index (χ2v) is 9.78. The van der Waals surface area contributed by atoms with Crippen molar-refractivity contribution >= 4 is 17.5 Å². The molecule has 3 fully saturated rings. The Bertz CT molecular complexity index is 1000. The Morgan fingerprint density at radius 1 is 0.969 bits per heavy atom. The van der Waals surface area contributed by atoms with Gasteiger partial charge in [-0.1, -0.05) is 36.4 Å². The summed E-state index contributed by atoms with van der Waals surface area (Å²) in [4.78, 5) is 33.0. The molecule has 2 atom stereocenters. The number of hydrogen-bond donors (Lipinski definition) is 0. The lowest BCUT2D eigenvalue weighted by Gasteiger charge is -2.42. The molecule has 3 aliphatic rings. The fourth-order valence-electron chi connectivity index (χ4n) is 5.25. The van der Waals surface area contributed by atoms with Gasteiger partial charge < -0.3 is 9.80 Å². The summed E-state index contributed by atoms with van der Waals surface area (Å²) in [5.74, 6) is -0.0428. The van der Waals surface area contributed by atoms with Crippen LogP contribution in [0.3, 0.4) is 0 Å². The van der Waals surface area contributed by atoms with Crippen LogP contribution in [0.5, 0.6) is 0 Å². The van der Waals surface area contributed by atoms with Gasteiger partial charge in [0.15, 0.2) is 0 Å². The number of amides is 2. The Labute approximate surface area is 191 Å². The molecule has 2 aromatic carbocycles. The molecule has 0 N–H and O–H groups in total. The fourth-order valence-corrected chi connectivity index (χ4v) is 5.25. The number of rotatable bonds is 5. The molecule has 1 aliphatic carbocycles. The van der Waals surface area contributed by atoms with Crippen molar-refractivity contribution in [3.8, 4) is 0 Å². The molecule has 0 aromatic heterocycles. The molecule has 2 unspecified atom stereocenters. The van der Waals surface area contributed by atoms with E-state index in [1.165, 1.54) is 29.5 Å². The molecule has 2 aromatic rings. The van der Waals surface area contributed by atoms with Crippen molar-refractivity contribution < 1.29 is 9.59 Å². The lowest BCUT2D eigenvalue weighted by molar-refractivity contribution is -0.140. The zero-order valence-corrected chi connectivity index (χ0v) is 19.2. The molecule has 0 spiro atoms. The van der Waals surface area contributed by atoms with Crippen LogP contribution in [-0.4, -0.2) is 59.9 Å². The van der Waals surface area contributed by atoms with Crippen molar-refractivity contribution in [1.82, 2.24) is 9.80 Å². The molecule has 2 aliphatic heterocycles. The van der Waals surface area contributed by atoms with Gasteiger partial charge in [0.1, 0.15) is 0 Å². The molecule has 32 heavy (non-hydrogen) atoms. The number of aryl methyl sites for hydroxylation is 2. The van der Waals surface area contributed by atoms with E-state index in [-0.39, 0.29) is 23.8 Å². The molecule has 2 saturated heterocycles. The first-order valence-electron chi connectivity index (χ1n) is 12.0. The van der Waals surface area contributed by atoms with Gasteiger partial charge in [0, 0.05) is 50.4 Å². The summed E-state index contributed by atoms with van der Waals surface area (Å²) in [7, 11) is 0. The minimum absolute atomic E-state index is 0.0582. The molecule has 5 rings (SSSR count). The van der Waals surface area contributed by atoms with E-state index in [2.05, 4.69) is 60.0 Å². The average molecular weight is 432 g/mol. The normalized spacial score (nSPS) is 24.2. The highest BCUT2D eigenvalue weighted by Crippen LogP contribution is 2.32. The molecule has 2 amide bonds. The second kappa shape index (κ2) is 8.70. The van der Waals surface area contributed by atoms with E-state index >= 15 is 0 Å². The summed E-state index contributed by atoms with van der Waals surface area (Å²) in [6, 6.07) is 17.5. The van der Waals surface area contributed by atoms with Gasteiger partial charge in [0.2, 0.25) is 11.8 Å². The summed E-state index contributed by atoms with van der Waals surface area (Å²) in [5.41, 5.74) is 4.56. The highest BCUT2D eigenvalue weighted by atomic mass is 16.2. The Morgan fingerprint density at radius 2 is 1.75 bits per heavy atom. The number of nitrogens with zero attached hydrogens (tertiary/aromatic N) is 3. The largest absolute Gasteiger partial charge is 0.336 e. The van der Waals surface area contributed by atoms with Crippen molar-refractivity contribution in [2.75, 3.05) is 31.1 Å². The van der Waals surface area contributed by atoms with Crippen LogP contribution in [0.1, 0.15) is 36.0 Å². The summed E-state index contributed by atoms with van der Waals surface area (Å²) in [6.45, 7) is 7.28. The monoisotopic (exact) mass is 431 g/mol. The maximum Gasteiger partial charge on any atom is 0.228 e. The molecule has 5 nitrogen and oxygen atoms in total. The predicted octanol–water partition coefficient (Wildman–Crippen LogP) is 3.57. The zero-order chi connectivity index (χ0) is 22.2. The van der Waals surface area contributed by atoms with E-state index in [1.807, 2.05) is 17.0 Å². The Hall–Kier alpha value is -2.66. The minimum atomic E-state index is -0.255. The summed E-state index contributed by atoms with van der Waals surface area (Å²) >= 11 is 0. The van der Waals surface area contributed by atoms with Crippen LogP contribution in [0.25, 0.3) is 0 Å². The first-order valence-corrected chi connectivity index (χ1v) is 12.0. The Kier molecular flexibility index (Phi) is 5.76. The van der Waals surface area contributed by atoms with Crippen molar-refractivity contribution in [3.05, 3.63) is 65.2 Å². The van der Waals surface area contributed by atoms with E-state index in [0.717, 1.165) is 31.7 Å². The standard InChI is InChI=1S/C27H33N3O2/c1-19-8-9-24(14-20(19)2)30-17-22(16-26(30)31)27(32)29-13-12-28(23-10-11-23)18-25(29)15-21-6-4-3-5-7-21/h3-9,14,22-23,25H,10-13,15-18H2,1-2H3. The summed E-state index contributed by atoms with van der Waals surface area (Å²) < 4.78 is 0. The zero-order valence-electron chi connectivity index (χ0n) is 19.2. The maximum absolute atomic E-state index is 13.7. The van der Waals surface area contributed by atoms with E-state index in [9.17, 15) is 9.59 Å². The van der Waals surface area contributed by atoms with Crippen LogP contribution < -0.4 is 4.90 Å². The highest BCUT2D eigenvalue weighted by Gasteiger charge is 2.42.